The Morgan fingerprint density at radius 3 is 2.43 bits per heavy atom. The van der Waals surface area contributed by atoms with Crippen LogP contribution in [0.4, 0.5) is 16.2 Å². The van der Waals surface area contributed by atoms with Gasteiger partial charge in [0.05, 0.1) is 13.7 Å². The second kappa shape index (κ2) is 10.0. The smallest absolute Gasteiger partial charge is 0.316 e. The summed E-state index contributed by atoms with van der Waals surface area (Å²) in [5.41, 5.74) is 6.92. The standard InChI is InChI=1S/C21H25N3O4/c1-14(2)13-28-18-9-7-15(11-19(18)27-3)8-10-20(25)23-16-5-4-6-17(12-16)24-21(22)26/h4-12,14H,13H2,1-3H3,(H,23,25)(H3,22,24,26)/b10-8+. The number of carbonyl (C=O) groups is 2. The second-order valence-electron chi connectivity index (χ2n) is 6.51. The average Bonchev–Trinajstić information content (AvgIpc) is 2.64. The number of methoxy groups -OCH3 is 1. The highest BCUT2D eigenvalue weighted by molar-refractivity contribution is 6.02. The van der Waals surface area contributed by atoms with E-state index in [0.717, 1.165) is 5.56 Å². The zero-order valence-corrected chi connectivity index (χ0v) is 16.2. The topological polar surface area (TPSA) is 103 Å². The molecule has 0 saturated carbocycles. The Morgan fingerprint density at radius 2 is 1.79 bits per heavy atom. The fourth-order valence-electron chi connectivity index (χ4n) is 2.34. The number of urea groups is 1. The lowest BCUT2D eigenvalue weighted by atomic mass is 10.2. The number of carbonyl (C=O) groups excluding carboxylic acids is 2. The number of rotatable bonds is 8. The number of benzene rings is 2. The quantitative estimate of drug-likeness (QED) is 0.602. The number of nitrogens with one attached hydrogen (secondary N) is 2. The van der Waals surface area contributed by atoms with Crippen molar-refractivity contribution in [3.63, 3.8) is 0 Å². The van der Waals surface area contributed by atoms with Crippen LogP contribution < -0.4 is 25.8 Å². The molecular weight excluding hydrogens is 358 g/mol. The SMILES string of the molecule is COc1cc(/C=C/C(=O)Nc2cccc(NC(N)=O)c2)ccc1OCC(C)C. The predicted molar refractivity (Wildman–Crippen MR) is 111 cm³/mol. The molecule has 0 heterocycles. The van der Waals surface area contributed by atoms with Crippen LogP contribution in [0.3, 0.4) is 0 Å². The molecule has 3 amide bonds. The Labute approximate surface area is 164 Å². The fourth-order valence-corrected chi connectivity index (χ4v) is 2.34. The van der Waals surface area contributed by atoms with E-state index in [1.165, 1.54) is 6.08 Å². The van der Waals surface area contributed by atoms with Gasteiger partial charge in [-0.05, 0) is 47.9 Å². The molecular formula is C21H25N3O4. The molecule has 0 unspecified atom stereocenters. The van der Waals surface area contributed by atoms with Crippen LogP contribution >= 0.6 is 0 Å². The largest absolute Gasteiger partial charge is 0.493 e. The van der Waals surface area contributed by atoms with Crippen LogP contribution in [0.2, 0.25) is 0 Å². The molecule has 0 saturated heterocycles. The molecule has 0 aliphatic heterocycles. The van der Waals surface area contributed by atoms with E-state index in [1.54, 1.807) is 43.5 Å². The maximum absolute atomic E-state index is 12.2. The highest BCUT2D eigenvalue weighted by Gasteiger charge is 2.06. The first-order valence-electron chi connectivity index (χ1n) is 8.84. The van der Waals surface area contributed by atoms with Crippen LogP contribution in [0, 0.1) is 5.92 Å². The van der Waals surface area contributed by atoms with Crippen LogP contribution in [-0.2, 0) is 4.79 Å². The van der Waals surface area contributed by atoms with Crippen molar-refractivity contribution >= 4 is 29.4 Å². The van der Waals surface area contributed by atoms with Gasteiger partial charge in [0.2, 0.25) is 5.91 Å². The summed E-state index contributed by atoms with van der Waals surface area (Å²) in [6.45, 7) is 4.74. The minimum atomic E-state index is -0.668. The molecule has 7 heteroatoms. The van der Waals surface area contributed by atoms with Crippen LogP contribution in [-0.4, -0.2) is 25.7 Å². The highest BCUT2D eigenvalue weighted by Crippen LogP contribution is 2.29. The monoisotopic (exact) mass is 383 g/mol. The first-order valence-corrected chi connectivity index (χ1v) is 8.84. The summed E-state index contributed by atoms with van der Waals surface area (Å²) in [4.78, 5) is 23.1. The summed E-state index contributed by atoms with van der Waals surface area (Å²) in [5, 5.41) is 5.18. The van der Waals surface area contributed by atoms with E-state index in [9.17, 15) is 9.59 Å². The molecule has 0 aromatic heterocycles. The highest BCUT2D eigenvalue weighted by atomic mass is 16.5. The van der Waals surface area contributed by atoms with Gasteiger partial charge in [-0.25, -0.2) is 4.79 Å². The number of ether oxygens (including phenoxy) is 2. The Balaban J connectivity index is 2.02. The third-order valence-corrected chi connectivity index (χ3v) is 3.58. The van der Waals surface area contributed by atoms with Crippen molar-refractivity contribution < 1.29 is 19.1 Å². The van der Waals surface area contributed by atoms with Gasteiger partial charge in [-0.1, -0.05) is 26.0 Å². The Kier molecular flexibility index (Phi) is 7.45. The van der Waals surface area contributed by atoms with Crippen molar-refractivity contribution in [1.82, 2.24) is 0 Å². The van der Waals surface area contributed by atoms with E-state index in [-0.39, 0.29) is 5.91 Å². The van der Waals surface area contributed by atoms with Crippen LogP contribution in [0.5, 0.6) is 11.5 Å². The lowest BCUT2D eigenvalue weighted by Gasteiger charge is -2.12. The molecule has 28 heavy (non-hydrogen) atoms. The molecule has 0 aliphatic rings. The Morgan fingerprint density at radius 1 is 1.07 bits per heavy atom. The first-order chi connectivity index (χ1) is 13.4. The van der Waals surface area contributed by atoms with E-state index in [4.69, 9.17) is 15.2 Å². The molecule has 0 spiro atoms. The lowest BCUT2D eigenvalue weighted by Crippen LogP contribution is -2.19. The van der Waals surface area contributed by atoms with Crippen molar-refractivity contribution in [2.75, 3.05) is 24.4 Å². The number of amides is 3. The third kappa shape index (κ3) is 6.68. The average molecular weight is 383 g/mol. The van der Waals surface area contributed by atoms with Gasteiger partial charge in [-0.15, -0.1) is 0 Å². The lowest BCUT2D eigenvalue weighted by molar-refractivity contribution is -0.111. The summed E-state index contributed by atoms with van der Waals surface area (Å²) in [6.07, 6.45) is 3.09. The molecule has 0 fully saturated rings. The molecule has 2 aromatic rings. The number of hydrogen-bond donors (Lipinski definition) is 3. The third-order valence-electron chi connectivity index (χ3n) is 3.58. The van der Waals surface area contributed by atoms with E-state index in [2.05, 4.69) is 24.5 Å². The zero-order chi connectivity index (χ0) is 20.5. The molecule has 0 atom stereocenters. The van der Waals surface area contributed by atoms with E-state index >= 15 is 0 Å². The van der Waals surface area contributed by atoms with E-state index in [0.29, 0.717) is 35.4 Å². The number of nitrogens with two attached hydrogens (primary N) is 1. The van der Waals surface area contributed by atoms with Crippen molar-refractivity contribution in [3.05, 3.63) is 54.1 Å². The summed E-state index contributed by atoms with van der Waals surface area (Å²) < 4.78 is 11.1. The summed E-state index contributed by atoms with van der Waals surface area (Å²) in [6, 6.07) is 11.5. The van der Waals surface area contributed by atoms with Crippen molar-refractivity contribution in [3.8, 4) is 11.5 Å². The number of hydrogen-bond acceptors (Lipinski definition) is 4. The minimum Gasteiger partial charge on any atom is -0.493 e. The fraction of sp³-hybridized carbons (Fsp3) is 0.238. The van der Waals surface area contributed by atoms with Crippen molar-refractivity contribution in [2.45, 2.75) is 13.8 Å². The van der Waals surface area contributed by atoms with Gasteiger partial charge in [0.1, 0.15) is 0 Å². The van der Waals surface area contributed by atoms with Gasteiger partial charge in [0.15, 0.2) is 11.5 Å². The van der Waals surface area contributed by atoms with Crippen molar-refractivity contribution in [2.24, 2.45) is 11.7 Å². The predicted octanol–water partition coefficient (Wildman–Crippen LogP) is 3.87. The molecule has 0 radical (unpaired) electrons. The first kappa shape index (κ1) is 20.8. The number of anilines is 2. The van der Waals surface area contributed by atoms with Gasteiger partial charge in [-0.2, -0.15) is 0 Å². The van der Waals surface area contributed by atoms with Crippen LogP contribution in [0.15, 0.2) is 48.5 Å². The summed E-state index contributed by atoms with van der Waals surface area (Å²) in [7, 11) is 1.57. The van der Waals surface area contributed by atoms with Gasteiger partial charge in [0, 0.05) is 17.5 Å². The summed E-state index contributed by atoms with van der Waals surface area (Å²) in [5.74, 6) is 1.37. The number of primary amides is 1. The van der Waals surface area contributed by atoms with Gasteiger partial charge in [0.25, 0.3) is 0 Å². The molecule has 2 rings (SSSR count). The van der Waals surface area contributed by atoms with Gasteiger partial charge in [-0.3, -0.25) is 4.79 Å². The minimum absolute atomic E-state index is 0.310. The Bertz CT molecular complexity index is 862. The molecule has 0 bridgehead atoms. The van der Waals surface area contributed by atoms with Crippen LogP contribution in [0.25, 0.3) is 6.08 Å². The molecule has 4 N–H and O–H groups in total. The molecule has 2 aromatic carbocycles. The molecule has 148 valence electrons. The zero-order valence-electron chi connectivity index (χ0n) is 16.2. The Hall–Kier alpha value is -3.48. The molecule has 0 aliphatic carbocycles. The molecule has 7 nitrogen and oxygen atoms in total. The summed E-state index contributed by atoms with van der Waals surface area (Å²) >= 11 is 0. The second-order valence-corrected chi connectivity index (χ2v) is 6.51. The van der Waals surface area contributed by atoms with Gasteiger partial charge < -0.3 is 25.8 Å². The normalized spacial score (nSPS) is 10.7. The maximum atomic E-state index is 12.2. The van der Waals surface area contributed by atoms with Gasteiger partial charge >= 0.3 is 6.03 Å². The maximum Gasteiger partial charge on any atom is 0.316 e. The van der Waals surface area contributed by atoms with Crippen LogP contribution in [0.1, 0.15) is 19.4 Å². The van der Waals surface area contributed by atoms with E-state index < -0.39 is 6.03 Å². The van der Waals surface area contributed by atoms with E-state index in [1.807, 2.05) is 12.1 Å². The van der Waals surface area contributed by atoms with Crippen molar-refractivity contribution in [1.29, 1.82) is 0 Å².